The van der Waals surface area contributed by atoms with Crippen LogP contribution in [0.15, 0.2) is 29.1 Å². The normalized spacial score (nSPS) is 10.1. The van der Waals surface area contributed by atoms with Crippen molar-refractivity contribution in [3.05, 3.63) is 50.9 Å². The van der Waals surface area contributed by atoms with Gasteiger partial charge in [0.05, 0.1) is 0 Å². The summed E-state index contributed by atoms with van der Waals surface area (Å²) in [6.07, 6.45) is 1.03. The van der Waals surface area contributed by atoms with Crippen molar-refractivity contribution in [1.29, 1.82) is 5.41 Å². The second-order valence-corrected chi connectivity index (χ2v) is 4.42. The molecular formula is C13H14ClN5O. The van der Waals surface area contributed by atoms with Crippen molar-refractivity contribution in [2.75, 3.05) is 17.7 Å². The third-order valence-electron chi connectivity index (χ3n) is 2.74. The molecule has 2 rings (SSSR count). The highest BCUT2D eigenvalue weighted by Gasteiger charge is 2.08. The number of nitrogens with one attached hydrogen (secondary N) is 4. The van der Waals surface area contributed by atoms with Crippen molar-refractivity contribution in [2.45, 2.75) is 6.54 Å². The highest BCUT2D eigenvalue weighted by molar-refractivity contribution is 6.31. The maximum atomic E-state index is 11.8. The van der Waals surface area contributed by atoms with E-state index in [1.54, 1.807) is 13.1 Å². The molecule has 1 heterocycles. The Bertz CT molecular complexity index is 683. The fourth-order valence-corrected chi connectivity index (χ4v) is 1.94. The topological polar surface area (TPSA) is 93.7 Å². The lowest BCUT2D eigenvalue weighted by Crippen LogP contribution is -2.19. The van der Waals surface area contributed by atoms with Gasteiger partial charge in [-0.15, -0.1) is 0 Å². The van der Waals surface area contributed by atoms with Crippen LogP contribution < -0.4 is 16.2 Å². The highest BCUT2D eigenvalue weighted by atomic mass is 35.5. The zero-order valence-corrected chi connectivity index (χ0v) is 11.6. The molecular weight excluding hydrogens is 278 g/mol. The molecule has 6 nitrogen and oxygen atoms in total. The van der Waals surface area contributed by atoms with Crippen LogP contribution in [0.3, 0.4) is 0 Å². The minimum atomic E-state index is -0.331. The molecule has 0 bridgehead atoms. The Morgan fingerprint density at radius 2 is 2.20 bits per heavy atom. The molecule has 0 aliphatic rings. The quantitative estimate of drug-likeness (QED) is 0.635. The summed E-state index contributed by atoms with van der Waals surface area (Å²) in [5.74, 6) is 0.299. The van der Waals surface area contributed by atoms with Crippen LogP contribution in [-0.2, 0) is 6.54 Å². The molecule has 7 heteroatoms. The van der Waals surface area contributed by atoms with Gasteiger partial charge in [0.15, 0.2) is 0 Å². The molecule has 20 heavy (non-hydrogen) atoms. The Morgan fingerprint density at radius 3 is 2.85 bits per heavy atom. The Balaban J connectivity index is 2.23. The molecule has 1 aromatic heterocycles. The predicted octanol–water partition coefficient (Wildman–Crippen LogP) is 2.07. The van der Waals surface area contributed by atoms with Crippen molar-refractivity contribution in [1.82, 2.24) is 9.97 Å². The molecule has 0 fully saturated rings. The Morgan fingerprint density at radius 1 is 1.45 bits per heavy atom. The summed E-state index contributed by atoms with van der Waals surface area (Å²) in [5, 5.41) is 13.6. The first-order valence-electron chi connectivity index (χ1n) is 5.95. The maximum absolute atomic E-state index is 11.8. The summed E-state index contributed by atoms with van der Waals surface area (Å²) in [6, 6.07) is 7.40. The number of hydrogen-bond donors (Lipinski definition) is 4. The molecule has 0 saturated heterocycles. The van der Waals surface area contributed by atoms with Gasteiger partial charge in [0.2, 0.25) is 5.95 Å². The molecule has 0 atom stereocenters. The second kappa shape index (κ2) is 6.21. The van der Waals surface area contributed by atoms with Crippen molar-refractivity contribution in [2.24, 2.45) is 0 Å². The number of H-pyrrole nitrogens is 1. The number of halogens is 1. The molecule has 4 N–H and O–H groups in total. The fraction of sp³-hybridized carbons (Fsp3) is 0.154. The van der Waals surface area contributed by atoms with E-state index in [9.17, 15) is 4.79 Å². The third kappa shape index (κ3) is 2.97. The Kier molecular flexibility index (Phi) is 4.37. The zero-order valence-electron chi connectivity index (χ0n) is 10.8. The Labute approximate surface area is 120 Å². The smallest absolute Gasteiger partial charge is 0.276 e. The van der Waals surface area contributed by atoms with Gasteiger partial charge in [-0.25, -0.2) is 4.98 Å². The van der Waals surface area contributed by atoms with Crippen LogP contribution in [0.4, 0.5) is 11.6 Å². The van der Waals surface area contributed by atoms with Gasteiger partial charge in [-0.1, -0.05) is 29.8 Å². The van der Waals surface area contributed by atoms with Crippen molar-refractivity contribution in [3.8, 4) is 0 Å². The van der Waals surface area contributed by atoms with Crippen LogP contribution in [0.2, 0.25) is 5.02 Å². The molecule has 0 saturated carbocycles. The lowest BCUT2D eigenvalue weighted by atomic mass is 10.2. The van der Waals surface area contributed by atoms with E-state index in [0.29, 0.717) is 17.5 Å². The first-order chi connectivity index (χ1) is 9.65. The monoisotopic (exact) mass is 291 g/mol. The highest BCUT2D eigenvalue weighted by Crippen LogP contribution is 2.16. The van der Waals surface area contributed by atoms with Crippen LogP contribution in [0.25, 0.3) is 0 Å². The second-order valence-electron chi connectivity index (χ2n) is 4.01. The van der Waals surface area contributed by atoms with Crippen LogP contribution in [0.1, 0.15) is 11.3 Å². The number of nitrogens with zero attached hydrogens (tertiary/aromatic N) is 1. The number of aromatic nitrogens is 2. The molecule has 0 aliphatic carbocycles. The molecule has 0 unspecified atom stereocenters. The van der Waals surface area contributed by atoms with E-state index in [1.807, 2.05) is 18.2 Å². The van der Waals surface area contributed by atoms with Gasteiger partial charge in [0.1, 0.15) is 11.4 Å². The molecule has 0 aliphatic heterocycles. The fourth-order valence-electron chi connectivity index (χ4n) is 1.74. The van der Waals surface area contributed by atoms with Gasteiger partial charge in [0.25, 0.3) is 5.56 Å². The first kappa shape index (κ1) is 14.1. The van der Waals surface area contributed by atoms with Crippen molar-refractivity contribution in [3.63, 3.8) is 0 Å². The summed E-state index contributed by atoms with van der Waals surface area (Å²) >= 11 is 6.05. The van der Waals surface area contributed by atoms with Crippen LogP contribution >= 0.6 is 11.6 Å². The van der Waals surface area contributed by atoms with Crippen molar-refractivity contribution >= 4 is 29.5 Å². The molecule has 0 spiro atoms. The number of anilines is 2. The summed E-state index contributed by atoms with van der Waals surface area (Å²) in [5.41, 5.74) is 1.11. The minimum Gasteiger partial charge on any atom is -0.382 e. The van der Waals surface area contributed by atoms with Gasteiger partial charge in [0, 0.05) is 24.8 Å². The van der Waals surface area contributed by atoms with Gasteiger partial charge < -0.3 is 16.0 Å². The van der Waals surface area contributed by atoms with Gasteiger partial charge in [-0.2, -0.15) is 0 Å². The molecule has 2 aromatic rings. The predicted molar refractivity (Wildman–Crippen MR) is 81.1 cm³/mol. The summed E-state index contributed by atoms with van der Waals surface area (Å²) in [4.78, 5) is 18.6. The Hall–Kier alpha value is -2.34. The summed E-state index contributed by atoms with van der Waals surface area (Å²) in [6.45, 7) is 0.430. The van der Waals surface area contributed by atoms with Crippen LogP contribution in [0.5, 0.6) is 0 Å². The lowest BCUT2D eigenvalue weighted by Gasteiger charge is -2.09. The number of hydrogen-bond acceptors (Lipinski definition) is 5. The summed E-state index contributed by atoms with van der Waals surface area (Å²) in [7, 11) is 1.61. The molecule has 104 valence electrons. The van der Waals surface area contributed by atoms with E-state index in [0.717, 1.165) is 11.8 Å². The minimum absolute atomic E-state index is 0.267. The van der Waals surface area contributed by atoms with E-state index in [2.05, 4.69) is 20.6 Å². The maximum Gasteiger partial charge on any atom is 0.276 e. The van der Waals surface area contributed by atoms with E-state index in [4.69, 9.17) is 17.0 Å². The standard InChI is InChI=1S/C13H14ClN5O/c1-16-11-10(6-15)18-13(19-12(11)20)17-7-8-4-2-3-5-9(8)14/h2-6,15-16H,7H2,1H3,(H2,17,18,19,20). The van der Waals surface area contributed by atoms with E-state index in [-0.39, 0.29) is 16.9 Å². The zero-order chi connectivity index (χ0) is 14.5. The van der Waals surface area contributed by atoms with Gasteiger partial charge in [-0.3, -0.25) is 9.78 Å². The van der Waals surface area contributed by atoms with Gasteiger partial charge in [-0.05, 0) is 11.6 Å². The van der Waals surface area contributed by atoms with Crippen molar-refractivity contribution < 1.29 is 0 Å². The first-order valence-corrected chi connectivity index (χ1v) is 6.33. The summed E-state index contributed by atoms with van der Waals surface area (Å²) < 4.78 is 0. The SMILES string of the molecule is CNc1c(C=N)nc(NCc2ccccc2Cl)[nH]c1=O. The van der Waals surface area contributed by atoms with Crippen LogP contribution in [0, 0.1) is 5.41 Å². The third-order valence-corrected chi connectivity index (χ3v) is 3.11. The van der Waals surface area contributed by atoms with E-state index < -0.39 is 0 Å². The van der Waals surface area contributed by atoms with Gasteiger partial charge >= 0.3 is 0 Å². The largest absolute Gasteiger partial charge is 0.382 e. The molecule has 1 aromatic carbocycles. The molecule has 0 radical (unpaired) electrons. The number of rotatable bonds is 5. The molecule has 0 amide bonds. The lowest BCUT2D eigenvalue weighted by molar-refractivity contribution is 1.03. The number of benzene rings is 1. The van der Waals surface area contributed by atoms with Crippen LogP contribution in [-0.4, -0.2) is 23.2 Å². The average Bonchev–Trinajstić information content (AvgIpc) is 2.45. The van der Waals surface area contributed by atoms with E-state index >= 15 is 0 Å². The van der Waals surface area contributed by atoms with E-state index in [1.165, 1.54) is 0 Å². The number of aromatic amines is 1. The average molecular weight is 292 g/mol.